The second kappa shape index (κ2) is 21.7. The van der Waals surface area contributed by atoms with Crippen LogP contribution in [0.15, 0.2) is 0 Å². The highest BCUT2D eigenvalue weighted by molar-refractivity contribution is 8.76. The Morgan fingerprint density at radius 1 is 0.545 bits per heavy atom. The topological polar surface area (TPSA) is 12.0 Å². The van der Waals surface area contributed by atoms with Crippen LogP contribution in [0, 0.1) is 0 Å². The van der Waals surface area contributed by atoms with Crippen molar-refractivity contribution in [1.29, 1.82) is 0 Å². The van der Waals surface area contributed by atoms with Crippen LogP contribution in [0.3, 0.4) is 0 Å². The Hall–Kier alpha value is 0.660. The van der Waals surface area contributed by atoms with Gasteiger partial charge in [-0.1, -0.05) is 112 Å². The standard InChI is InChI=1S/C19H41NS2/c1-3-5-6-7-8-9-10-11-12-13-14-15-16-18-21-22-19-17-20-4-2/h20H,3-19H2,1-2H3. The van der Waals surface area contributed by atoms with E-state index in [9.17, 15) is 0 Å². The highest BCUT2D eigenvalue weighted by atomic mass is 33.1. The first-order valence-corrected chi connectivity index (χ1v) is 12.4. The number of nitrogens with one attached hydrogen (secondary N) is 1. The first kappa shape index (κ1) is 22.7. The average molecular weight is 348 g/mol. The third-order valence-electron chi connectivity index (χ3n) is 4.03. The van der Waals surface area contributed by atoms with Crippen LogP contribution in [-0.4, -0.2) is 24.6 Å². The van der Waals surface area contributed by atoms with Crippen molar-refractivity contribution in [3.8, 4) is 0 Å². The monoisotopic (exact) mass is 347 g/mol. The van der Waals surface area contributed by atoms with Gasteiger partial charge in [0, 0.05) is 18.1 Å². The second-order valence-corrected chi connectivity index (χ2v) is 8.94. The molecular weight excluding hydrogens is 306 g/mol. The van der Waals surface area contributed by atoms with Crippen molar-refractivity contribution in [1.82, 2.24) is 5.32 Å². The third-order valence-corrected chi connectivity index (χ3v) is 6.52. The van der Waals surface area contributed by atoms with Gasteiger partial charge in [0.05, 0.1) is 0 Å². The van der Waals surface area contributed by atoms with Crippen LogP contribution in [0.2, 0.25) is 0 Å². The van der Waals surface area contributed by atoms with Crippen LogP contribution in [0.5, 0.6) is 0 Å². The average Bonchev–Trinajstić information content (AvgIpc) is 2.54. The van der Waals surface area contributed by atoms with Crippen molar-refractivity contribution < 1.29 is 0 Å². The minimum Gasteiger partial charge on any atom is -0.316 e. The zero-order valence-electron chi connectivity index (χ0n) is 15.3. The van der Waals surface area contributed by atoms with E-state index in [1.165, 1.54) is 95.0 Å². The van der Waals surface area contributed by atoms with Gasteiger partial charge < -0.3 is 5.32 Å². The summed E-state index contributed by atoms with van der Waals surface area (Å²) in [6.07, 6.45) is 18.9. The molecule has 0 aromatic rings. The molecule has 1 nitrogen and oxygen atoms in total. The van der Waals surface area contributed by atoms with E-state index in [0.29, 0.717) is 0 Å². The summed E-state index contributed by atoms with van der Waals surface area (Å²) in [6.45, 7) is 6.73. The lowest BCUT2D eigenvalue weighted by Gasteiger charge is -2.03. The van der Waals surface area contributed by atoms with Crippen molar-refractivity contribution in [2.45, 2.75) is 97.3 Å². The summed E-state index contributed by atoms with van der Waals surface area (Å²) in [6, 6.07) is 0. The first-order chi connectivity index (χ1) is 10.9. The molecule has 22 heavy (non-hydrogen) atoms. The van der Waals surface area contributed by atoms with Gasteiger partial charge in [0.15, 0.2) is 0 Å². The Kier molecular flexibility index (Phi) is 22.3. The van der Waals surface area contributed by atoms with Gasteiger partial charge in [-0.2, -0.15) is 0 Å². The van der Waals surface area contributed by atoms with Crippen LogP contribution in [0.1, 0.15) is 97.3 Å². The van der Waals surface area contributed by atoms with E-state index < -0.39 is 0 Å². The largest absolute Gasteiger partial charge is 0.316 e. The molecule has 0 aliphatic rings. The molecule has 0 unspecified atom stereocenters. The normalized spacial score (nSPS) is 11.2. The fraction of sp³-hybridized carbons (Fsp3) is 1.00. The second-order valence-electron chi connectivity index (χ2n) is 6.24. The molecule has 0 fully saturated rings. The van der Waals surface area contributed by atoms with Crippen molar-refractivity contribution in [2.24, 2.45) is 0 Å². The summed E-state index contributed by atoms with van der Waals surface area (Å²) in [5.74, 6) is 2.59. The molecule has 0 rings (SSSR count). The van der Waals surface area contributed by atoms with Gasteiger partial charge in [0.1, 0.15) is 0 Å². The summed E-state index contributed by atoms with van der Waals surface area (Å²) in [5.41, 5.74) is 0. The molecule has 1 N–H and O–H groups in total. The van der Waals surface area contributed by atoms with Gasteiger partial charge in [0.2, 0.25) is 0 Å². The molecule has 0 aromatic carbocycles. The van der Waals surface area contributed by atoms with Gasteiger partial charge in [-0.25, -0.2) is 0 Å². The quantitative estimate of drug-likeness (QED) is 0.198. The highest BCUT2D eigenvalue weighted by Gasteiger charge is 1.95. The lowest BCUT2D eigenvalue weighted by Crippen LogP contribution is -2.15. The Bertz CT molecular complexity index is 168. The first-order valence-electron chi connectivity index (χ1n) is 9.87. The molecule has 0 amide bonds. The van der Waals surface area contributed by atoms with Gasteiger partial charge in [0.25, 0.3) is 0 Å². The SMILES string of the molecule is CCCCCCCCCCCCCCCSSCCNCC. The highest BCUT2D eigenvalue weighted by Crippen LogP contribution is 2.22. The Labute approximate surface area is 149 Å². The lowest BCUT2D eigenvalue weighted by atomic mass is 10.1. The zero-order valence-corrected chi connectivity index (χ0v) is 17.0. The van der Waals surface area contributed by atoms with Crippen LogP contribution in [0.25, 0.3) is 0 Å². The molecule has 0 saturated heterocycles. The Morgan fingerprint density at radius 2 is 1.00 bits per heavy atom. The summed E-state index contributed by atoms with van der Waals surface area (Å²) >= 11 is 0. The maximum absolute atomic E-state index is 3.37. The fourth-order valence-corrected chi connectivity index (χ4v) is 4.68. The summed E-state index contributed by atoms with van der Waals surface area (Å²) in [7, 11) is 4.09. The van der Waals surface area contributed by atoms with Gasteiger partial charge >= 0.3 is 0 Å². The molecule has 0 aliphatic heterocycles. The van der Waals surface area contributed by atoms with Gasteiger partial charge in [-0.3, -0.25) is 0 Å². The van der Waals surface area contributed by atoms with Crippen LogP contribution in [0.4, 0.5) is 0 Å². The summed E-state index contributed by atoms with van der Waals surface area (Å²) in [4.78, 5) is 0. The number of hydrogen-bond acceptors (Lipinski definition) is 3. The molecule has 0 saturated carbocycles. The van der Waals surface area contributed by atoms with E-state index in [1.807, 2.05) is 10.8 Å². The molecule has 0 aromatic heterocycles. The van der Waals surface area contributed by atoms with E-state index in [1.54, 1.807) is 0 Å². The van der Waals surface area contributed by atoms with Crippen molar-refractivity contribution in [3.63, 3.8) is 0 Å². The molecule has 134 valence electrons. The van der Waals surface area contributed by atoms with Crippen LogP contribution < -0.4 is 5.32 Å². The molecule has 0 bridgehead atoms. The van der Waals surface area contributed by atoms with Crippen LogP contribution in [-0.2, 0) is 0 Å². The third kappa shape index (κ3) is 20.7. The molecule has 0 spiro atoms. The Balaban J connectivity index is 2.91. The van der Waals surface area contributed by atoms with Crippen LogP contribution >= 0.6 is 21.6 Å². The molecule has 0 heterocycles. The minimum absolute atomic E-state index is 1.10. The Morgan fingerprint density at radius 3 is 1.50 bits per heavy atom. The van der Waals surface area contributed by atoms with E-state index >= 15 is 0 Å². The number of rotatable bonds is 19. The van der Waals surface area contributed by atoms with Gasteiger partial charge in [-0.15, -0.1) is 0 Å². The van der Waals surface area contributed by atoms with Crippen molar-refractivity contribution in [3.05, 3.63) is 0 Å². The molecule has 0 aliphatic carbocycles. The molecular formula is C19H41NS2. The number of hydrogen-bond donors (Lipinski definition) is 1. The predicted octanol–water partition coefficient (Wildman–Crippen LogP) is 7.07. The van der Waals surface area contributed by atoms with Crippen molar-refractivity contribution in [2.75, 3.05) is 24.6 Å². The maximum atomic E-state index is 3.37. The minimum atomic E-state index is 1.10. The van der Waals surface area contributed by atoms with Crippen molar-refractivity contribution >= 4 is 21.6 Å². The zero-order chi connectivity index (χ0) is 16.1. The van der Waals surface area contributed by atoms with E-state index in [-0.39, 0.29) is 0 Å². The smallest absolute Gasteiger partial charge is 0.0162 e. The fourth-order valence-electron chi connectivity index (χ4n) is 2.59. The maximum Gasteiger partial charge on any atom is 0.0162 e. The van der Waals surface area contributed by atoms with E-state index in [4.69, 9.17) is 0 Å². The predicted molar refractivity (Wildman–Crippen MR) is 109 cm³/mol. The van der Waals surface area contributed by atoms with E-state index in [2.05, 4.69) is 30.0 Å². The molecule has 3 heteroatoms. The molecule has 0 atom stereocenters. The molecule has 0 radical (unpaired) electrons. The lowest BCUT2D eigenvalue weighted by molar-refractivity contribution is 0.543. The summed E-state index contributed by atoms with van der Waals surface area (Å²) in [5, 5.41) is 3.37. The van der Waals surface area contributed by atoms with E-state index in [0.717, 1.165) is 13.1 Å². The van der Waals surface area contributed by atoms with Gasteiger partial charge in [-0.05, 0) is 13.0 Å². The number of unbranched alkanes of at least 4 members (excludes halogenated alkanes) is 12. The summed E-state index contributed by atoms with van der Waals surface area (Å²) < 4.78 is 0.